The van der Waals surface area contributed by atoms with Crippen molar-refractivity contribution < 1.29 is 4.79 Å². The van der Waals surface area contributed by atoms with Crippen LogP contribution in [-0.4, -0.2) is 23.9 Å². The molecule has 3 heteroatoms. The first-order valence-corrected chi connectivity index (χ1v) is 6.72. The Bertz CT molecular complexity index is 416. The summed E-state index contributed by atoms with van der Waals surface area (Å²) in [5.41, 5.74) is 8.21. The third-order valence-corrected chi connectivity index (χ3v) is 3.79. The Morgan fingerprint density at radius 1 is 1.22 bits per heavy atom. The van der Waals surface area contributed by atoms with Crippen LogP contribution in [0.2, 0.25) is 0 Å². The van der Waals surface area contributed by atoms with Gasteiger partial charge >= 0.3 is 0 Å². The molecule has 98 valence electrons. The summed E-state index contributed by atoms with van der Waals surface area (Å²) in [6, 6.07) is 5.97. The molecule has 1 aliphatic rings. The molecule has 2 rings (SSSR count). The first-order valence-electron chi connectivity index (χ1n) is 6.72. The summed E-state index contributed by atoms with van der Waals surface area (Å²) in [5, 5.41) is 0. The minimum absolute atomic E-state index is 0.0947. The summed E-state index contributed by atoms with van der Waals surface area (Å²) in [4.78, 5) is 14.3. The molecule has 1 aromatic rings. The summed E-state index contributed by atoms with van der Waals surface area (Å²) in [6.45, 7) is 1.97. The fourth-order valence-electron chi connectivity index (χ4n) is 2.77. The van der Waals surface area contributed by atoms with Gasteiger partial charge in [-0.25, -0.2) is 0 Å². The van der Waals surface area contributed by atoms with Gasteiger partial charge in [0.05, 0.1) is 0 Å². The molecule has 0 radical (unpaired) electrons. The molecule has 2 N–H and O–H groups in total. The smallest absolute Gasteiger partial charge is 0.253 e. The number of amides is 1. The topological polar surface area (TPSA) is 46.3 Å². The molecule has 1 aromatic carbocycles. The minimum Gasteiger partial charge on any atom is -0.399 e. The van der Waals surface area contributed by atoms with Crippen LogP contribution in [0.5, 0.6) is 0 Å². The number of hydrogen-bond donors (Lipinski definition) is 1. The van der Waals surface area contributed by atoms with Crippen molar-refractivity contribution in [2.75, 3.05) is 12.8 Å². The van der Waals surface area contributed by atoms with Crippen LogP contribution in [0.3, 0.4) is 0 Å². The molecular formula is C15H22N2O. The molecule has 18 heavy (non-hydrogen) atoms. The van der Waals surface area contributed by atoms with Crippen LogP contribution in [0.15, 0.2) is 18.2 Å². The molecule has 1 aliphatic carbocycles. The fraction of sp³-hybridized carbons (Fsp3) is 0.533. The minimum atomic E-state index is 0.0947. The molecule has 0 saturated heterocycles. The van der Waals surface area contributed by atoms with Gasteiger partial charge in [0.15, 0.2) is 0 Å². The summed E-state index contributed by atoms with van der Waals surface area (Å²) >= 11 is 0. The lowest BCUT2D eigenvalue weighted by Gasteiger charge is -2.31. The van der Waals surface area contributed by atoms with Gasteiger partial charge in [0, 0.05) is 24.3 Å². The molecular weight excluding hydrogens is 224 g/mol. The van der Waals surface area contributed by atoms with Gasteiger partial charge in [0.1, 0.15) is 0 Å². The van der Waals surface area contributed by atoms with E-state index in [4.69, 9.17) is 5.73 Å². The highest BCUT2D eigenvalue weighted by atomic mass is 16.2. The fourth-order valence-corrected chi connectivity index (χ4v) is 2.77. The molecule has 0 aromatic heterocycles. The second-order valence-corrected chi connectivity index (χ2v) is 5.34. The van der Waals surface area contributed by atoms with E-state index in [0.29, 0.717) is 17.3 Å². The van der Waals surface area contributed by atoms with Gasteiger partial charge in [-0.1, -0.05) is 19.3 Å². The van der Waals surface area contributed by atoms with Crippen molar-refractivity contribution in [3.8, 4) is 0 Å². The lowest BCUT2D eigenvalue weighted by atomic mass is 9.94. The largest absolute Gasteiger partial charge is 0.399 e. The van der Waals surface area contributed by atoms with Crippen LogP contribution >= 0.6 is 0 Å². The second-order valence-electron chi connectivity index (χ2n) is 5.34. The second kappa shape index (κ2) is 5.42. The maximum atomic E-state index is 12.4. The van der Waals surface area contributed by atoms with Crippen LogP contribution < -0.4 is 5.73 Å². The first kappa shape index (κ1) is 12.9. The van der Waals surface area contributed by atoms with Crippen LogP contribution in [0.4, 0.5) is 5.69 Å². The van der Waals surface area contributed by atoms with Crippen LogP contribution in [0, 0.1) is 6.92 Å². The maximum Gasteiger partial charge on any atom is 0.253 e. The number of nitrogens with zero attached hydrogens (tertiary/aromatic N) is 1. The van der Waals surface area contributed by atoms with E-state index in [2.05, 4.69) is 0 Å². The SMILES string of the molecule is Cc1cc(N)cc(C(=O)N(C)C2CCCCC2)c1. The third-order valence-electron chi connectivity index (χ3n) is 3.79. The number of benzene rings is 1. The van der Waals surface area contributed by atoms with Gasteiger partial charge in [0.25, 0.3) is 5.91 Å². The van der Waals surface area contributed by atoms with Gasteiger partial charge in [-0.2, -0.15) is 0 Å². The van der Waals surface area contributed by atoms with E-state index in [-0.39, 0.29) is 5.91 Å². The Hall–Kier alpha value is -1.51. The number of aryl methyl sites for hydroxylation is 1. The van der Waals surface area contributed by atoms with Crippen molar-refractivity contribution in [3.63, 3.8) is 0 Å². The highest BCUT2D eigenvalue weighted by Gasteiger charge is 2.23. The Balaban J connectivity index is 2.14. The van der Waals surface area contributed by atoms with E-state index in [9.17, 15) is 4.79 Å². The van der Waals surface area contributed by atoms with Crippen molar-refractivity contribution >= 4 is 11.6 Å². The van der Waals surface area contributed by atoms with Crippen molar-refractivity contribution in [2.45, 2.75) is 45.1 Å². The van der Waals surface area contributed by atoms with E-state index in [1.165, 1.54) is 19.3 Å². The van der Waals surface area contributed by atoms with Crippen LogP contribution in [-0.2, 0) is 0 Å². The zero-order valence-electron chi connectivity index (χ0n) is 11.3. The van der Waals surface area contributed by atoms with Gasteiger partial charge in [-0.3, -0.25) is 4.79 Å². The van der Waals surface area contributed by atoms with Crippen molar-refractivity contribution in [3.05, 3.63) is 29.3 Å². The Morgan fingerprint density at radius 2 is 1.89 bits per heavy atom. The van der Waals surface area contributed by atoms with E-state index < -0.39 is 0 Å². The van der Waals surface area contributed by atoms with E-state index in [0.717, 1.165) is 18.4 Å². The predicted molar refractivity (Wildman–Crippen MR) is 74.6 cm³/mol. The van der Waals surface area contributed by atoms with Crippen molar-refractivity contribution in [1.29, 1.82) is 0 Å². The van der Waals surface area contributed by atoms with E-state index in [1.807, 2.05) is 31.0 Å². The Morgan fingerprint density at radius 3 is 2.50 bits per heavy atom. The summed E-state index contributed by atoms with van der Waals surface area (Å²) < 4.78 is 0. The van der Waals surface area contributed by atoms with Gasteiger partial charge in [-0.15, -0.1) is 0 Å². The average molecular weight is 246 g/mol. The normalized spacial score (nSPS) is 16.6. The number of rotatable bonds is 2. The van der Waals surface area contributed by atoms with Gasteiger partial charge in [0.2, 0.25) is 0 Å². The lowest BCUT2D eigenvalue weighted by Crippen LogP contribution is -2.38. The molecule has 3 nitrogen and oxygen atoms in total. The predicted octanol–water partition coefficient (Wildman–Crippen LogP) is 2.98. The van der Waals surface area contributed by atoms with Crippen molar-refractivity contribution in [2.24, 2.45) is 0 Å². The summed E-state index contributed by atoms with van der Waals surface area (Å²) in [5.74, 6) is 0.0947. The van der Waals surface area contributed by atoms with E-state index in [1.54, 1.807) is 6.07 Å². The van der Waals surface area contributed by atoms with Crippen molar-refractivity contribution in [1.82, 2.24) is 4.90 Å². The highest BCUT2D eigenvalue weighted by molar-refractivity contribution is 5.95. The molecule has 1 amide bonds. The number of anilines is 1. The van der Waals surface area contributed by atoms with E-state index >= 15 is 0 Å². The number of nitrogen functional groups attached to an aromatic ring is 1. The van der Waals surface area contributed by atoms with Crippen LogP contribution in [0.1, 0.15) is 48.0 Å². The quantitative estimate of drug-likeness (QED) is 0.815. The zero-order chi connectivity index (χ0) is 13.1. The Kier molecular flexibility index (Phi) is 3.90. The number of carbonyl (C=O) groups excluding carboxylic acids is 1. The average Bonchev–Trinajstić information content (AvgIpc) is 2.37. The first-order chi connectivity index (χ1) is 8.58. The molecule has 0 spiro atoms. The lowest BCUT2D eigenvalue weighted by molar-refractivity contribution is 0.0696. The zero-order valence-corrected chi connectivity index (χ0v) is 11.3. The molecule has 0 bridgehead atoms. The Labute approximate surface area is 109 Å². The molecule has 1 saturated carbocycles. The summed E-state index contributed by atoms with van der Waals surface area (Å²) in [6.07, 6.45) is 6.03. The van der Waals surface area contributed by atoms with Crippen LogP contribution in [0.25, 0.3) is 0 Å². The molecule has 0 aliphatic heterocycles. The number of hydrogen-bond acceptors (Lipinski definition) is 2. The molecule has 0 unspecified atom stereocenters. The molecule has 0 heterocycles. The van der Waals surface area contributed by atoms with Gasteiger partial charge in [-0.05, 0) is 43.5 Å². The number of carbonyl (C=O) groups is 1. The number of nitrogens with two attached hydrogens (primary N) is 1. The molecule has 0 atom stereocenters. The molecule has 1 fully saturated rings. The highest BCUT2D eigenvalue weighted by Crippen LogP contribution is 2.23. The standard InChI is InChI=1S/C15H22N2O/c1-11-8-12(10-13(16)9-11)15(18)17(2)14-6-4-3-5-7-14/h8-10,14H,3-7,16H2,1-2H3. The monoisotopic (exact) mass is 246 g/mol. The summed E-state index contributed by atoms with van der Waals surface area (Å²) in [7, 11) is 1.91. The third kappa shape index (κ3) is 2.84. The maximum absolute atomic E-state index is 12.4. The van der Waals surface area contributed by atoms with Gasteiger partial charge < -0.3 is 10.6 Å².